The second-order valence-corrected chi connectivity index (χ2v) is 4.62. The number of pyridine rings is 1. The Morgan fingerprint density at radius 2 is 1.78 bits per heavy atom. The zero-order valence-corrected chi connectivity index (χ0v) is 11.0. The highest BCUT2D eigenvalue weighted by molar-refractivity contribution is 5.21. The van der Waals surface area contributed by atoms with Crippen LogP contribution in [0.25, 0.3) is 0 Å². The summed E-state index contributed by atoms with van der Waals surface area (Å²) in [4.78, 5) is 4.40. The van der Waals surface area contributed by atoms with Crippen molar-refractivity contribution in [3.8, 4) is 0 Å². The lowest BCUT2D eigenvalue weighted by Crippen LogP contribution is -2.33. The summed E-state index contributed by atoms with van der Waals surface area (Å²) in [5.41, 5.74) is 2.51. The molecule has 2 rings (SSSR count). The fraction of sp³-hybridized carbons (Fsp3) is 0.312. The third kappa shape index (κ3) is 3.17. The Labute approximate surface area is 109 Å². The molecule has 1 N–H and O–H groups in total. The Balaban J connectivity index is 2.09. The molecular weight excluding hydrogens is 220 g/mol. The van der Waals surface area contributed by atoms with Crippen LogP contribution in [0.1, 0.15) is 24.1 Å². The minimum atomic E-state index is 0.405. The predicted molar refractivity (Wildman–Crippen MR) is 75.6 cm³/mol. The van der Waals surface area contributed by atoms with E-state index in [0.29, 0.717) is 12.0 Å². The van der Waals surface area contributed by atoms with Gasteiger partial charge in [0, 0.05) is 24.4 Å². The summed E-state index contributed by atoms with van der Waals surface area (Å²) in [5, 5.41) is 3.41. The van der Waals surface area contributed by atoms with Crippen molar-refractivity contribution in [1.82, 2.24) is 10.3 Å². The van der Waals surface area contributed by atoms with Crippen molar-refractivity contribution in [3.63, 3.8) is 0 Å². The van der Waals surface area contributed by atoms with E-state index in [9.17, 15) is 0 Å². The van der Waals surface area contributed by atoms with Crippen molar-refractivity contribution >= 4 is 0 Å². The quantitative estimate of drug-likeness (QED) is 0.869. The normalized spacial score (nSPS) is 14.1. The molecule has 0 aliphatic heterocycles. The van der Waals surface area contributed by atoms with Crippen molar-refractivity contribution in [1.29, 1.82) is 0 Å². The minimum absolute atomic E-state index is 0.405. The van der Waals surface area contributed by atoms with Gasteiger partial charge in [0.1, 0.15) is 0 Å². The first-order chi connectivity index (χ1) is 8.81. The van der Waals surface area contributed by atoms with E-state index in [1.54, 1.807) is 0 Å². The van der Waals surface area contributed by atoms with E-state index < -0.39 is 0 Å². The molecule has 1 aromatic heterocycles. The Morgan fingerprint density at radius 1 is 1.06 bits per heavy atom. The zero-order valence-electron chi connectivity index (χ0n) is 11.0. The van der Waals surface area contributed by atoms with Gasteiger partial charge in [0.05, 0.1) is 0 Å². The average Bonchev–Trinajstić information content (AvgIpc) is 2.46. The van der Waals surface area contributed by atoms with Crippen LogP contribution in [0.3, 0.4) is 0 Å². The molecule has 0 aliphatic carbocycles. The van der Waals surface area contributed by atoms with Gasteiger partial charge in [0.2, 0.25) is 0 Å². The summed E-state index contributed by atoms with van der Waals surface area (Å²) in [6, 6.07) is 17.1. The topological polar surface area (TPSA) is 24.9 Å². The maximum Gasteiger partial charge on any atom is 0.0419 e. The minimum Gasteiger partial charge on any atom is -0.316 e. The summed E-state index contributed by atoms with van der Waals surface area (Å²) in [7, 11) is 2.02. The molecule has 2 atom stereocenters. The molecule has 0 radical (unpaired) electrons. The third-order valence-corrected chi connectivity index (χ3v) is 3.45. The Kier molecular flexibility index (Phi) is 4.48. The lowest BCUT2D eigenvalue weighted by Gasteiger charge is -2.23. The smallest absolute Gasteiger partial charge is 0.0419 e. The van der Waals surface area contributed by atoms with Gasteiger partial charge in [-0.3, -0.25) is 4.98 Å². The van der Waals surface area contributed by atoms with Crippen LogP contribution < -0.4 is 5.32 Å². The van der Waals surface area contributed by atoms with Gasteiger partial charge in [-0.15, -0.1) is 0 Å². The Bertz CT molecular complexity index is 453. The summed E-state index contributed by atoms with van der Waals surface area (Å²) in [6.45, 7) is 2.26. The Hall–Kier alpha value is -1.67. The van der Waals surface area contributed by atoms with Gasteiger partial charge in [0.25, 0.3) is 0 Å². The van der Waals surface area contributed by atoms with Gasteiger partial charge < -0.3 is 5.32 Å². The van der Waals surface area contributed by atoms with Gasteiger partial charge >= 0.3 is 0 Å². The average molecular weight is 240 g/mol. The second kappa shape index (κ2) is 6.31. The highest BCUT2D eigenvalue weighted by Gasteiger charge is 2.17. The number of hydrogen-bond donors (Lipinski definition) is 1. The van der Waals surface area contributed by atoms with Gasteiger partial charge in [-0.25, -0.2) is 0 Å². The SMILES string of the molecule is CNC(Cc1ccccn1)C(C)c1ccccc1. The van der Waals surface area contributed by atoms with E-state index in [4.69, 9.17) is 0 Å². The molecular formula is C16H20N2. The zero-order chi connectivity index (χ0) is 12.8. The number of benzene rings is 1. The first-order valence-corrected chi connectivity index (χ1v) is 6.43. The highest BCUT2D eigenvalue weighted by Crippen LogP contribution is 2.20. The fourth-order valence-corrected chi connectivity index (χ4v) is 2.26. The largest absolute Gasteiger partial charge is 0.316 e. The fourth-order valence-electron chi connectivity index (χ4n) is 2.26. The molecule has 0 bridgehead atoms. The van der Waals surface area contributed by atoms with Crippen molar-refractivity contribution in [2.45, 2.75) is 25.3 Å². The molecule has 2 heteroatoms. The van der Waals surface area contributed by atoms with Crippen LogP contribution in [0.5, 0.6) is 0 Å². The lowest BCUT2D eigenvalue weighted by atomic mass is 9.90. The molecule has 0 spiro atoms. The van der Waals surface area contributed by atoms with Crippen LogP contribution in [0.4, 0.5) is 0 Å². The van der Waals surface area contributed by atoms with Crippen LogP contribution in [0, 0.1) is 0 Å². The van der Waals surface area contributed by atoms with Crippen LogP contribution in [-0.2, 0) is 6.42 Å². The second-order valence-electron chi connectivity index (χ2n) is 4.62. The monoisotopic (exact) mass is 240 g/mol. The molecule has 0 amide bonds. The highest BCUT2D eigenvalue weighted by atomic mass is 14.9. The van der Waals surface area contributed by atoms with Crippen LogP contribution in [-0.4, -0.2) is 18.1 Å². The van der Waals surface area contributed by atoms with E-state index in [1.165, 1.54) is 5.56 Å². The van der Waals surface area contributed by atoms with Crippen LogP contribution >= 0.6 is 0 Å². The molecule has 2 aromatic rings. The lowest BCUT2D eigenvalue weighted by molar-refractivity contribution is 0.479. The summed E-state index contributed by atoms with van der Waals surface area (Å²) < 4.78 is 0. The number of hydrogen-bond acceptors (Lipinski definition) is 2. The molecule has 18 heavy (non-hydrogen) atoms. The number of aromatic nitrogens is 1. The molecule has 94 valence electrons. The predicted octanol–water partition coefficient (Wildman–Crippen LogP) is 3.02. The van der Waals surface area contributed by atoms with E-state index in [2.05, 4.69) is 53.6 Å². The Morgan fingerprint density at radius 3 is 2.39 bits per heavy atom. The number of likely N-dealkylation sites (N-methyl/N-ethyl adjacent to an activating group) is 1. The molecule has 0 saturated heterocycles. The molecule has 2 nitrogen and oxygen atoms in total. The van der Waals surface area contributed by atoms with Crippen molar-refractivity contribution in [2.24, 2.45) is 0 Å². The van der Waals surface area contributed by atoms with E-state index in [-0.39, 0.29) is 0 Å². The summed E-state index contributed by atoms with van der Waals surface area (Å²) in [5.74, 6) is 0.471. The molecule has 0 fully saturated rings. The molecule has 0 aliphatic rings. The van der Waals surface area contributed by atoms with Gasteiger partial charge in [0.15, 0.2) is 0 Å². The standard InChI is InChI=1S/C16H20N2/c1-13(14-8-4-3-5-9-14)16(17-2)12-15-10-6-7-11-18-15/h3-11,13,16-17H,12H2,1-2H3. The number of rotatable bonds is 5. The third-order valence-electron chi connectivity index (χ3n) is 3.45. The first-order valence-electron chi connectivity index (χ1n) is 6.43. The van der Waals surface area contributed by atoms with Gasteiger partial charge in [-0.05, 0) is 30.7 Å². The van der Waals surface area contributed by atoms with Gasteiger partial charge in [-0.1, -0.05) is 43.3 Å². The summed E-state index contributed by atoms with van der Waals surface area (Å²) in [6.07, 6.45) is 2.81. The maximum atomic E-state index is 4.40. The van der Waals surface area contributed by atoms with Crippen molar-refractivity contribution in [3.05, 3.63) is 66.0 Å². The van der Waals surface area contributed by atoms with E-state index in [1.807, 2.05) is 25.4 Å². The van der Waals surface area contributed by atoms with Gasteiger partial charge in [-0.2, -0.15) is 0 Å². The van der Waals surface area contributed by atoms with Crippen molar-refractivity contribution in [2.75, 3.05) is 7.05 Å². The van der Waals surface area contributed by atoms with Crippen LogP contribution in [0.2, 0.25) is 0 Å². The van der Waals surface area contributed by atoms with Crippen LogP contribution in [0.15, 0.2) is 54.7 Å². The van der Waals surface area contributed by atoms with E-state index >= 15 is 0 Å². The van der Waals surface area contributed by atoms with Crippen molar-refractivity contribution < 1.29 is 0 Å². The maximum absolute atomic E-state index is 4.40. The first kappa shape index (κ1) is 12.8. The number of nitrogens with zero attached hydrogens (tertiary/aromatic N) is 1. The molecule has 0 saturated carbocycles. The van der Waals surface area contributed by atoms with E-state index in [0.717, 1.165) is 12.1 Å². The molecule has 1 heterocycles. The summed E-state index contributed by atoms with van der Waals surface area (Å²) >= 11 is 0. The number of nitrogens with one attached hydrogen (secondary N) is 1. The molecule has 1 aromatic carbocycles. The molecule has 2 unspecified atom stereocenters.